The van der Waals surface area contributed by atoms with E-state index in [0.29, 0.717) is 11.1 Å². The van der Waals surface area contributed by atoms with Crippen molar-refractivity contribution in [1.82, 2.24) is 4.72 Å². The number of benzene rings is 3. The van der Waals surface area contributed by atoms with Gasteiger partial charge in [0.15, 0.2) is 5.75 Å². The van der Waals surface area contributed by atoms with Gasteiger partial charge in [-0.15, -0.1) is 13.2 Å². The molecule has 4 rings (SSSR count). The minimum absolute atomic E-state index is 0.149. The van der Waals surface area contributed by atoms with Crippen LogP contribution in [-0.4, -0.2) is 14.8 Å². The quantitative estimate of drug-likeness (QED) is 0.669. The van der Waals surface area contributed by atoms with Gasteiger partial charge in [-0.1, -0.05) is 54.6 Å². The molecule has 0 bridgehead atoms. The lowest BCUT2D eigenvalue weighted by Gasteiger charge is -2.20. The number of para-hydroxylation sites is 1. The Hall–Kier alpha value is -3.04. The number of halogens is 3. The zero-order valence-electron chi connectivity index (χ0n) is 14.7. The Morgan fingerprint density at radius 1 is 0.862 bits per heavy atom. The van der Waals surface area contributed by atoms with Crippen molar-refractivity contribution < 1.29 is 30.5 Å². The summed E-state index contributed by atoms with van der Waals surface area (Å²) in [5, 5.41) is 0. The topological polar surface area (TPSA) is 64.6 Å². The molecule has 5 nitrogen and oxygen atoms in total. The van der Waals surface area contributed by atoms with Crippen LogP contribution in [0.3, 0.4) is 0 Å². The first kappa shape index (κ1) is 19.3. The number of hydrogen-bond acceptors (Lipinski definition) is 4. The van der Waals surface area contributed by atoms with Crippen molar-refractivity contribution >= 4 is 10.3 Å². The maximum atomic E-state index is 12.3. The molecule has 150 valence electrons. The van der Waals surface area contributed by atoms with Crippen molar-refractivity contribution in [3.63, 3.8) is 0 Å². The number of alkyl halides is 3. The molecule has 0 atom stereocenters. The van der Waals surface area contributed by atoms with Crippen LogP contribution < -0.4 is 13.6 Å². The second-order valence-electron chi connectivity index (χ2n) is 6.30. The molecule has 0 unspecified atom stereocenters. The first-order valence-corrected chi connectivity index (χ1v) is 9.89. The van der Waals surface area contributed by atoms with Crippen LogP contribution in [0.25, 0.3) is 22.3 Å². The summed E-state index contributed by atoms with van der Waals surface area (Å²) in [6.45, 7) is 0.149. The van der Waals surface area contributed by atoms with Gasteiger partial charge in [0.05, 0.1) is 0 Å². The third-order valence-corrected chi connectivity index (χ3v) is 5.23. The molecule has 0 saturated heterocycles. The van der Waals surface area contributed by atoms with Crippen molar-refractivity contribution in [2.45, 2.75) is 12.9 Å². The Labute approximate surface area is 165 Å². The highest BCUT2D eigenvalue weighted by atomic mass is 32.2. The predicted molar refractivity (Wildman–Crippen MR) is 100 cm³/mol. The Bertz CT molecular complexity index is 1140. The second kappa shape index (κ2) is 7.09. The van der Waals surface area contributed by atoms with E-state index in [1.807, 2.05) is 6.07 Å². The highest BCUT2D eigenvalue weighted by molar-refractivity contribution is 7.85. The van der Waals surface area contributed by atoms with Crippen molar-refractivity contribution in [2.75, 3.05) is 0 Å². The summed E-state index contributed by atoms with van der Waals surface area (Å²) in [5.74, 6) is -0.00611. The summed E-state index contributed by atoms with van der Waals surface area (Å²) >= 11 is 0. The van der Waals surface area contributed by atoms with Gasteiger partial charge in [0.25, 0.3) is 0 Å². The first-order chi connectivity index (χ1) is 13.7. The van der Waals surface area contributed by atoms with Crippen LogP contribution in [0, 0.1) is 0 Å². The summed E-state index contributed by atoms with van der Waals surface area (Å²) in [6, 6.07) is 18.1. The van der Waals surface area contributed by atoms with Gasteiger partial charge in [-0.2, -0.15) is 13.1 Å². The molecule has 29 heavy (non-hydrogen) atoms. The Balaban J connectivity index is 1.61. The molecule has 0 spiro atoms. The molecule has 0 aromatic heterocycles. The van der Waals surface area contributed by atoms with E-state index >= 15 is 0 Å². The number of fused-ring (bicyclic) bond motifs is 1. The zero-order chi connectivity index (χ0) is 20.6. The molecule has 0 aliphatic carbocycles. The van der Waals surface area contributed by atoms with Crippen LogP contribution in [0.4, 0.5) is 13.2 Å². The average Bonchev–Trinajstić information content (AvgIpc) is 2.66. The highest BCUT2D eigenvalue weighted by Gasteiger charge is 2.31. The third kappa shape index (κ3) is 4.36. The summed E-state index contributed by atoms with van der Waals surface area (Å²) < 4.78 is 71.6. The standard InChI is InChI=1S/C20H14F3NO4S/c21-20(22,23)27-17-10-8-14(9-11-17)13-4-6-15(7-5-13)18-3-1-2-16-12-24-29(25,26)28-19(16)18/h1-11,24H,12H2. The smallest absolute Gasteiger partial charge is 0.406 e. The normalized spacial score (nSPS) is 15.3. The molecule has 3 aromatic rings. The van der Waals surface area contributed by atoms with E-state index in [1.165, 1.54) is 24.3 Å². The number of hydrogen-bond donors (Lipinski definition) is 1. The maximum absolute atomic E-state index is 12.3. The van der Waals surface area contributed by atoms with E-state index in [0.717, 1.165) is 16.7 Å². The second-order valence-corrected chi connectivity index (χ2v) is 7.67. The van der Waals surface area contributed by atoms with Gasteiger partial charge in [-0.25, -0.2) is 0 Å². The van der Waals surface area contributed by atoms with E-state index in [1.54, 1.807) is 36.4 Å². The Morgan fingerprint density at radius 3 is 2.07 bits per heavy atom. The molecule has 1 N–H and O–H groups in total. The lowest BCUT2D eigenvalue weighted by atomic mass is 9.98. The zero-order valence-corrected chi connectivity index (χ0v) is 15.5. The molecule has 0 amide bonds. The lowest BCUT2D eigenvalue weighted by Crippen LogP contribution is -2.32. The molecule has 1 aliphatic heterocycles. The van der Waals surface area contributed by atoms with Crippen molar-refractivity contribution in [3.05, 3.63) is 72.3 Å². The molecule has 0 radical (unpaired) electrons. The van der Waals surface area contributed by atoms with Gasteiger partial charge in [0.2, 0.25) is 0 Å². The number of ether oxygens (including phenoxy) is 1. The minimum atomic E-state index is -4.73. The summed E-state index contributed by atoms with van der Waals surface area (Å²) in [7, 11) is -3.84. The van der Waals surface area contributed by atoms with E-state index in [4.69, 9.17) is 4.18 Å². The van der Waals surface area contributed by atoms with E-state index in [2.05, 4.69) is 9.46 Å². The first-order valence-electron chi connectivity index (χ1n) is 8.48. The molecular weight excluding hydrogens is 407 g/mol. The molecule has 0 saturated carbocycles. The fourth-order valence-corrected chi connectivity index (χ4v) is 3.85. The van der Waals surface area contributed by atoms with Gasteiger partial charge >= 0.3 is 16.7 Å². The molecule has 0 fully saturated rings. The Kier molecular flexibility index (Phi) is 4.71. The molecular formula is C20H14F3NO4S. The molecule has 9 heteroatoms. The largest absolute Gasteiger partial charge is 0.573 e. The summed E-state index contributed by atoms with van der Waals surface area (Å²) in [6.07, 6.45) is -4.73. The van der Waals surface area contributed by atoms with E-state index in [-0.39, 0.29) is 18.0 Å². The summed E-state index contributed by atoms with van der Waals surface area (Å²) in [4.78, 5) is 0. The van der Waals surface area contributed by atoms with Crippen LogP contribution in [0.5, 0.6) is 11.5 Å². The van der Waals surface area contributed by atoms with Gasteiger partial charge in [-0.3, -0.25) is 0 Å². The maximum Gasteiger partial charge on any atom is 0.573 e. The van der Waals surface area contributed by atoms with Gasteiger partial charge < -0.3 is 8.92 Å². The van der Waals surface area contributed by atoms with Crippen LogP contribution in [0.2, 0.25) is 0 Å². The average molecular weight is 421 g/mol. The van der Waals surface area contributed by atoms with Crippen LogP contribution in [0.1, 0.15) is 5.56 Å². The van der Waals surface area contributed by atoms with Gasteiger partial charge in [0.1, 0.15) is 5.75 Å². The third-order valence-electron chi connectivity index (χ3n) is 4.35. The van der Waals surface area contributed by atoms with Crippen molar-refractivity contribution in [2.24, 2.45) is 0 Å². The SMILES string of the molecule is O=S1(=O)NCc2cccc(-c3ccc(-c4ccc(OC(F)(F)F)cc4)cc3)c2O1. The van der Waals surface area contributed by atoms with E-state index < -0.39 is 16.7 Å². The number of rotatable bonds is 3. The molecule has 3 aromatic carbocycles. The number of nitrogens with one attached hydrogen (secondary N) is 1. The van der Waals surface area contributed by atoms with Crippen molar-refractivity contribution in [1.29, 1.82) is 0 Å². The van der Waals surface area contributed by atoms with Gasteiger partial charge in [-0.05, 0) is 28.8 Å². The fourth-order valence-electron chi connectivity index (χ4n) is 3.05. The van der Waals surface area contributed by atoms with Crippen LogP contribution >= 0.6 is 0 Å². The fraction of sp³-hybridized carbons (Fsp3) is 0.100. The molecule has 1 heterocycles. The highest BCUT2D eigenvalue weighted by Crippen LogP contribution is 2.37. The predicted octanol–water partition coefficient (Wildman–Crippen LogP) is 4.65. The monoisotopic (exact) mass is 421 g/mol. The Morgan fingerprint density at radius 2 is 1.45 bits per heavy atom. The lowest BCUT2D eigenvalue weighted by molar-refractivity contribution is -0.274. The van der Waals surface area contributed by atoms with Gasteiger partial charge in [0, 0.05) is 17.7 Å². The van der Waals surface area contributed by atoms with Crippen molar-refractivity contribution in [3.8, 4) is 33.8 Å². The van der Waals surface area contributed by atoms with Crippen LogP contribution in [-0.2, 0) is 16.8 Å². The van der Waals surface area contributed by atoms with E-state index in [9.17, 15) is 21.6 Å². The van der Waals surface area contributed by atoms with Crippen LogP contribution in [0.15, 0.2) is 66.7 Å². The molecule has 1 aliphatic rings. The minimum Gasteiger partial charge on any atom is -0.406 e. The summed E-state index contributed by atoms with van der Waals surface area (Å²) in [5.41, 5.74) is 3.60.